The van der Waals surface area contributed by atoms with Crippen molar-refractivity contribution in [2.45, 2.75) is 53.0 Å². The Morgan fingerprint density at radius 1 is 0.957 bits per heavy atom. The first-order valence-corrected chi connectivity index (χ1v) is 17.5. The normalized spacial score (nSPS) is 16.4. The lowest BCUT2D eigenvalue weighted by Gasteiger charge is -2.34. The van der Waals surface area contributed by atoms with Crippen molar-refractivity contribution in [2.24, 2.45) is 17.8 Å². The summed E-state index contributed by atoms with van der Waals surface area (Å²) in [6.45, 7) is 11.8. The number of thiophene rings is 1. The molecule has 2 aliphatic rings. The van der Waals surface area contributed by atoms with E-state index in [0.717, 1.165) is 78.5 Å². The van der Waals surface area contributed by atoms with Gasteiger partial charge in [-0.2, -0.15) is 0 Å². The van der Waals surface area contributed by atoms with E-state index in [0.29, 0.717) is 30.3 Å². The number of Topliss-reactive ketones (excluding diaryl/α,β-unsaturated/α-hetero) is 1. The minimum absolute atomic E-state index is 0.0746. The Balaban J connectivity index is 1.02. The van der Waals surface area contributed by atoms with E-state index in [1.54, 1.807) is 24.4 Å². The highest BCUT2D eigenvalue weighted by Gasteiger charge is 2.25. The number of benzene rings is 1. The quantitative estimate of drug-likeness (QED) is 0.132. The fourth-order valence-electron chi connectivity index (χ4n) is 5.69. The Morgan fingerprint density at radius 3 is 2.43 bits per heavy atom. The van der Waals surface area contributed by atoms with Crippen LogP contribution in [0.25, 0.3) is 20.8 Å². The van der Waals surface area contributed by atoms with Gasteiger partial charge in [-0.05, 0) is 60.1 Å². The predicted octanol–water partition coefficient (Wildman–Crippen LogP) is 7.15. The second-order valence-electron chi connectivity index (χ2n) is 13.2. The number of hydrogen-bond acceptors (Lipinski definition) is 9. The highest BCUT2D eigenvalue weighted by Crippen LogP contribution is 2.39. The monoisotopic (exact) mass is 658 g/mol. The first kappa shape index (κ1) is 33.2. The number of ketones is 1. The van der Waals surface area contributed by atoms with Gasteiger partial charge >= 0.3 is 5.97 Å². The van der Waals surface area contributed by atoms with Crippen molar-refractivity contribution in [1.29, 1.82) is 0 Å². The van der Waals surface area contributed by atoms with Gasteiger partial charge in [-0.25, -0.2) is 4.39 Å². The average Bonchev–Trinajstić information content (AvgIpc) is 3.76. The molecule has 1 aromatic carbocycles. The zero-order valence-corrected chi connectivity index (χ0v) is 28.2. The van der Waals surface area contributed by atoms with Gasteiger partial charge < -0.3 is 9.47 Å². The van der Waals surface area contributed by atoms with Crippen molar-refractivity contribution in [3.8, 4) is 22.1 Å². The molecule has 1 saturated carbocycles. The van der Waals surface area contributed by atoms with Crippen molar-refractivity contribution in [2.75, 3.05) is 39.3 Å². The molecule has 0 radical (unpaired) electrons. The number of rotatable bonds is 14. The fraction of sp³-hybridized carbons (Fsp3) is 0.459. The fourth-order valence-corrected chi connectivity index (χ4v) is 6.73. The van der Waals surface area contributed by atoms with Crippen LogP contribution in [0.5, 0.6) is 11.5 Å². The molecule has 0 bridgehead atoms. The summed E-state index contributed by atoms with van der Waals surface area (Å²) in [7, 11) is 0. The van der Waals surface area contributed by atoms with Gasteiger partial charge in [0.2, 0.25) is 0 Å². The van der Waals surface area contributed by atoms with Gasteiger partial charge in [0, 0.05) is 70.6 Å². The third-order valence-electron chi connectivity index (χ3n) is 9.18. The topological polar surface area (TPSA) is 84.9 Å². The Kier molecular flexibility index (Phi) is 10.6. The number of hydrogen-bond donors (Lipinski definition) is 0. The molecule has 4 aromatic rings. The van der Waals surface area contributed by atoms with E-state index in [9.17, 15) is 14.0 Å². The summed E-state index contributed by atoms with van der Waals surface area (Å²) in [6.07, 6.45) is 6.68. The van der Waals surface area contributed by atoms with Crippen LogP contribution in [-0.4, -0.2) is 70.9 Å². The van der Waals surface area contributed by atoms with Gasteiger partial charge in [0.25, 0.3) is 0 Å². The summed E-state index contributed by atoms with van der Waals surface area (Å²) in [6, 6.07) is 12.6. The minimum atomic E-state index is -0.487. The first-order chi connectivity index (χ1) is 22.7. The van der Waals surface area contributed by atoms with E-state index in [-0.39, 0.29) is 35.8 Å². The number of halogens is 1. The van der Waals surface area contributed by atoms with E-state index in [1.807, 2.05) is 39.1 Å². The second-order valence-corrected chi connectivity index (χ2v) is 14.3. The second kappa shape index (κ2) is 15.0. The number of aromatic nitrogens is 2. The van der Waals surface area contributed by atoms with Crippen molar-refractivity contribution in [3.63, 3.8) is 0 Å². The lowest BCUT2D eigenvalue weighted by molar-refractivity contribution is -0.149. The predicted molar refractivity (Wildman–Crippen MR) is 182 cm³/mol. The maximum absolute atomic E-state index is 15.0. The number of ether oxygens (including phenoxy) is 2. The average molecular weight is 659 g/mol. The zero-order valence-electron chi connectivity index (χ0n) is 27.4. The number of nitrogens with zero attached hydrogens (tertiary/aromatic N) is 4. The van der Waals surface area contributed by atoms with Crippen LogP contribution in [0.3, 0.4) is 0 Å². The first-order valence-electron chi connectivity index (χ1n) is 16.6. The lowest BCUT2D eigenvalue weighted by atomic mass is 9.99. The molecule has 1 atom stereocenters. The van der Waals surface area contributed by atoms with E-state index in [2.05, 4.69) is 20.9 Å². The standard InChI is InChI=1S/C37H43FN4O4S/c1-24(2)25(3)37(44)45-17-16-41-12-14-42(15-13-41)23-28-6-8-31(40-22-28)35-21-32-36(47-35)34(10-11-39-32)46-33-9-7-27(20-30(33)38)19-29(43)18-26-4-5-26/h6-11,20-22,24-26H,4-5,12-19,23H2,1-3H3/t25-/m0/s1. The SMILES string of the molecule is CC(C)[C@H](C)C(=O)OCCN1CCN(Cc2ccc(-c3cc4nccc(Oc5ccc(CC(=O)CC6CC6)cc5F)c4s3)nc2)CC1. The molecular weight excluding hydrogens is 615 g/mol. The van der Waals surface area contributed by atoms with Gasteiger partial charge in [0.1, 0.15) is 18.1 Å². The van der Waals surface area contributed by atoms with Gasteiger partial charge in [0.05, 0.1) is 26.7 Å². The van der Waals surface area contributed by atoms with Gasteiger partial charge in [0.15, 0.2) is 11.6 Å². The third kappa shape index (κ3) is 8.80. The molecule has 8 nitrogen and oxygen atoms in total. The largest absolute Gasteiger partial charge is 0.464 e. The Hall–Kier alpha value is -3.73. The Morgan fingerprint density at radius 2 is 1.72 bits per heavy atom. The number of carbonyl (C=O) groups excluding carboxylic acids is 2. The van der Waals surface area contributed by atoms with Crippen molar-refractivity contribution in [3.05, 3.63) is 71.8 Å². The molecule has 47 heavy (non-hydrogen) atoms. The summed E-state index contributed by atoms with van der Waals surface area (Å²) in [5.74, 6) is 0.944. The Bertz CT molecular complexity index is 1700. The molecule has 0 unspecified atom stereocenters. The van der Waals surface area contributed by atoms with Crippen LogP contribution in [-0.2, 0) is 27.3 Å². The number of carbonyl (C=O) groups is 2. The summed E-state index contributed by atoms with van der Waals surface area (Å²) in [5.41, 5.74) is 3.43. The van der Waals surface area contributed by atoms with Crippen LogP contribution in [0.15, 0.2) is 54.9 Å². The van der Waals surface area contributed by atoms with Gasteiger partial charge in [-0.15, -0.1) is 11.3 Å². The molecule has 2 fully saturated rings. The van der Waals surface area contributed by atoms with Crippen LogP contribution >= 0.6 is 11.3 Å². The van der Waals surface area contributed by atoms with Crippen LogP contribution < -0.4 is 4.74 Å². The van der Waals surface area contributed by atoms with Crippen LogP contribution in [0, 0.1) is 23.6 Å². The third-order valence-corrected chi connectivity index (χ3v) is 10.3. The molecule has 0 amide bonds. The summed E-state index contributed by atoms with van der Waals surface area (Å²) < 4.78 is 27.3. The molecule has 1 saturated heterocycles. The highest BCUT2D eigenvalue weighted by molar-refractivity contribution is 7.22. The van der Waals surface area contributed by atoms with Gasteiger partial charge in [-0.3, -0.25) is 29.4 Å². The number of esters is 1. The maximum Gasteiger partial charge on any atom is 0.308 e. The molecule has 6 rings (SSSR count). The number of piperazine rings is 1. The minimum Gasteiger partial charge on any atom is -0.464 e. The highest BCUT2D eigenvalue weighted by atomic mass is 32.1. The van der Waals surface area contributed by atoms with E-state index < -0.39 is 5.82 Å². The Labute approximate surface area is 279 Å². The smallest absolute Gasteiger partial charge is 0.308 e. The molecule has 1 aliphatic heterocycles. The van der Waals surface area contributed by atoms with Crippen molar-refractivity contribution >= 4 is 33.3 Å². The van der Waals surface area contributed by atoms with E-state index in [1.165, 1.54) is 17.4 Å². The summed E-state index contributed by atoms with van der Waals surface area (Å²) in [5, 5.41) is 0. The molecule has 10 heteroatoms. The van der Waals surface area contributed by atoms with Crippen molar-refractivity contribution in [1.82, 2.24) is 19.8 Å². The number of fused-ring (bicyclic) bond motifs is 1. The molecule has 1 aliphatic carbocycles. The zero-order chi connectivity index (χ0) is 32.9. The van der Waals surface area contributed by atoms with Crippen LogP contribution in [0.2, 0.25) is 0 Å². The molecular formula is C37H43FN4O4S. The molecule has 4 heterocycles. The van der Waals surface area contributed by atoms with E-state index in [4.69, 9.17) is 14.5 Å². The van der Waals surface area contributed by atoms with Crippen molar-refractivity contribution < 1.29 is 23.5 Å². The maximum atomic E-state index is 15.0. The molecule has 0 N–H and O–H groups in total. The summed E-state index contributed by atoms with van der Waals surface area (Å²) >= 11 is 1.51. The van der Waals surface area contributed by atoms with Gasteiger partial charge in [-0.1, -0.05) is 32.9 Å². The molecule has 248 valence electrons. The summed E-state index contributed by atoms with van der Waals surface area (Å²) in [4.78, 5) is 39.3. The lowest BCUT2D eigenvalue weighted by Crippen LogP contribution is -2.47. The van der Waals surface area contributed by atoms with Crippen LogP contribution in [0.1, 0.15) is 51.2 Å². The molecule has 0 spiro atoms. The van der Waals surface area contributed by atoms with Crippen LogP contribution in [0.4, 0.5) is 4.39 Å². The molecule has 3 aromatic heterocycles. The van der Waals surface area contributed by atoms with E-state index >= 15 is 0 Å². The number of pyridine rings is 2.